The normalized spacial score (nSPS) is 12.7. The van der Waals surface area contributed by atoms with E-state index in [1.807, 2.05) is 30.5 Å². The van der Waals surface area contributed by atoms with E-state index in [0.717, 1.165) is 16.7 Å². The van der Waals surface area contributed by atoms with Gasteiger partial charge in [-0.3, -0.25) is 4.99 Å². The molecule has 1 heterocycles. The fourth-order valence-electron chi connectivity index (χ4n) is 1.48. The fourth-order valence-corrected chi connectivity index (χ4v) is 1.48. The summed E-state index contributed by atoms with van der Waals surface area (Å²) in [5.74, 6) is 0.721. The van der Waals surface area contributed by atoms with Crippen LogP contribution in [0.5, 0.6) is 0 Å². The summed E-state index contributed by atoms with van der Waals surface area (Å²) in [6, 6.07) is 7.96. The zero-order valence-corrected chi connectivity index (χ0v) is 8.46. The molecule has 2 aromatic rings. The SMILES string of the molecule is CN=C(C=CN)n1ncc2ccccc21. The third-order valence-corrected chi connectivity index (χ3v) is 2.17. The lowest BCUT2D eigenvalue weighted by Crippen LogP contribution is -2.10. The largest absolute Gasteiger partial charge is 0.404 e. The summed E-state index contributed by atoms with van der Waals surface area (Å²) < 4.78 is 1.76. The van der Waals surface area contributed by atoms with Gasteiger partial charge in [0.2, 0.25) is 0 Å². The molecule has 0 aliphatic carbocycles. The second-order valence-electron chi connectivity index (χ2n) is 3.06. The highest BCUT2D eigenvalue weighted by Crippen LogP contribution is 2.12. The molecule has 0 saturated carbocycles. The maximum absolute atomic E-state index is 5.35. The molecule has 0 unspecified atom stereocenters. The number of aromatic nitrogens is 2. The molecule has 1 aromatic carbocycles. The smallest absolute Gasteiger partial charge is 0.150 e. The molecular formula is C11H12N4. The van der Waals surface area contributed by atoms with Gasteiger partial charge in [-0.1, -0.05) is 18.2 Å². The van der Waals surface area contributed by atoms with Crippen molar-refractivity contribution < 1.29 is 0 Å². The molecule has 0 saturated heterocycles. The minimum Gasteiger partial charge on any atom is -0.404 e. The van der Waals surface area contributed by atoms with E-state index in [2.05, 4.69) is 10.1 Å². The first kappa shape index (κ1) is 9.45. The standard InChI is InChI=1S/C11H12N4/c1-13-11(6-7-12)15-10-5-3-2-4-9(10)8-14-15/h2-8H,12H2,1H3. The molecule has 0 aliphatic heterocycles. The summed E-state index contributed by atoms with van der Waals surface area (Å²) in [6.45, 7) is 0. The predicted octanol–water partition coefficient (Wildman–Crippen LogP) is 1.39. The number of nitrogens with two attached hydrogens (primary N) is 1. The van der Waals surface area contributed by atoms with E-state index in [1.54, 1.807) is 17.8 Å². The Balaban J connectivity index is 2.61. The second-order valence-corrected chi connectivity index (χ2v) is 3.06. The molecule has 0 radical (unpaired) electrons. The van der Waals surface area contributed by atoms with Gasteiger partial charge in [0.05, 0.1) is 11.7 Å². The zero-order chi connectivity index (χ0) is 10.7. The maximum Gasteiger partial charge on any atom is 0.150 e. The van der Waals surface area contributed by atoms with Crippen molar-refractivity contribution in [3.05, 3.63) is 42.7 Å². The van der Waals surface area contributed by atoms with Gasteiger partial charge in [-0.05, 0) is 18.3 Å². The Kier molecular flexibility index (Phi) is 2.49. The maximum atomic E-state index is 5.35. The average Bonchev–Trinajstić information content (AvgIpc) is 2.70. The third kappa shape index (κ3) is 1.61. The van der Waals surface area contributed by atoms with Crippen LogP contribution in [0.3, 0.4) is 0 Å². The van der Waals surface area contributed by atoms with Crippen LogP contribution in [-0.4, -0.2) is 22.7 Å². The Morgan fingerprint density at radius 2 is 2.27 bits per heavy atom. The first-order chi connectivity index (χ1) is 7.36. The fraction of sp³-hybridized carbons (Fsp3) is 0.0909. The van der Waals surface area contributed by atoms with Gasteiger partial charge in [0.25, 0.3) is 0 Å². The summed E-state index contributed by atoms with van der Waals surface area (Å²) in [4.78, 5) is 4.12. The topological polar surface area (TPSA) is 56.2 Å². The molecule has 0 aliphatic rings. The molecule has 4 heteroatoms. The van der Waals surface area contributed by atoms with Crippen molar-refractivity contribution in [2.45, 2.75) is 0 Å². The Bertz CT molecular complexity index is 522. The minimum atomic E-state index is 0.721. The van der Waals surface area contributed by atoms with Gasteiger partial charge >= 0.3 is 0 Å². The number of hydrogen-bond acceptors (Lipinski definition) is 3. The van der Waals surface area contributed by atoms with Crippen molar-refractivity contribution in [3.8, 4) is 0 Å². The first-order valence-electron chi connectivity index (χ1n) is 4.65. The summed E-state index contributed by atoms with van der Waals surface area (Å²) in [5.41, 5.74) is 6.38. The summed E-state index contributed by atoms with van der Waals surface area (Å²) in [7, 11) is 1.71. The van der Waals surface area contributed by atoms with Gasteiger partial charge in [0, 0.05) is 12.4 Å². The molecule has 0 amide bonds. The van der Waals surface area contributed by atoms with Crippen LogP contribution < -0.4 is 5.73 Å². The second kappa shape index (κ2) is 3.96. The average molecular weight is 200 g/mol. The van der Waals surface area contributed by atoms with Gasteiger partial charge in [0.15, 0.2) is 5.84 Å². The van der Waals surface area contributed by atoms with Gasteiger partial charge in [-0.15, -0.1) is 0 Å². The first-order valence-corrected chi connectivity index (χ1v) is 4.65. The lowest BCUT2D eigenvalue weighted by Gasteiger charge is -2.01. The van der Waals surface area contributed by atoms with Crippen LogP contribution in [0.2, 0.25) is 0 Å². The number of allylic oxidation sites excluding steroid dienone is 1. The lowest BCUT2D eigenvalue weighted by atomic mass is 10.2. The van der Waals surface area contributed by atoms with Gasteiger partial charge in [-0.25, -0.2) is 4.68 Å². The number of benzene rings is 1. The molecule has 15 heavy (non-hydrogen) atoms. The summed E-state index contributed by atoms with van der Waals surface area (Å²) in [5, 5.41) is 5.35. The number of aliphatic imine (C=N–C) groups is 1. The molecule has 0 bridgehead atoms. The summed E-state index contributed by atoms with van der Waals surface area (Å²) in [6.07, 6.45) is 4.99. The summed E-state index contributed by atoms with van der Waals surface area (Å²) >= 11 is 0. The monoisotopic (exact) mass is 200 g/mol. The number of hydrogen-bond donors (Lipinski definition) is 1. The van der Waals surface area contributed by atoms with Crippen molar-refractivity contribution >= 4 is 16.7 Å². The number of para-hydroxylation sites is 1. The molecule has 2 N–H and O–H groups in total. The van der Waals surface area contributed by atoms with E-state index in [4.69, 9.17) is 5.73 Å². The lowest BCUT2D eigenvalue weighted by molar-refractivity contribution is 0.963. The highest BCUT2D eigenvalue weighted by Gasteiger charge is 2.04. The molecule has 4 nitrogen and oxygen atoms in total. The van der Waals surface area contributed by atoms with E-state index in [0.29, 0.717) is 0 Å². The Morgan fingerprint density at radius 1 is 1.47 bits per heavy atom. The minimum absolute atomic E-state index is 0.721. The number of nitrogens with zero attached hydrogens (tertiary/aromatic N) is 3. The van der Waals surface area contributed by atoms with Crippen LogP contribution in [0.15, 0.2) is 47.7 Å². The Hall–Kier alpha value is -2.10. The zero-order valence-electron chi connectivity index (χ0n) is 8.46. The van der Waals surface area contributed by atoms with E-state index < -0.39 is 0 Å². The van der Waals surface area contributed by atoms with E-state index in [-0.39, 0.29) is 0 Å². The highest BCUT2D eigenvalue weighted by atomic mass is 15.3. The third-order valence-electron chi connectivity index (χ3n) is 2.17. The quantitative estimate of drug-likeness (QED) is 0.558. The van der Waals surface area contributed by atoms with Crippen molar-refractivity contribution in [3.63, 3.8) is 0 Å². The molecule has 76 valence electrons. The van der Waals surface area contributed by atoms with E-state index in [9.17, 15) is 0 Å². The molecule has 0 atom stereocenters. The van der Waals surface area contributed by atoms with Gasteiger partial charge < -0.3 is 5.73 Å². The molecule has 0 fully saturated rings. The van der Waals surface area contributed by atoms with Crippen molar-refractivity contribution in [1.82, 2.24) is 9.78 Å². The van der Waals surface area contributed by atoms with Crippen molar-refractivity contribution in [1.29, 1.82) is 0 Å². The van der Waals surface area contributed by atoms with Gasteiger partial charge in [-0.2, -0.15) is 5.10 Å². The van der Waals surface area contributed by atoms with Crippen LogP contribution in [0.25, 0.3) is 10.9 Å². The van der Waals surface area contributed by atoms with Crippen LogP contribution in [0.1, 0.15) is 0 Å². The molecule has 2 rings (SSSR count). The number of rotatable bonds is 1. The van der Waals surface area contributed by atoms with Crippen molar-refractivity contribution in [2.75, 3.05) is 7.05 Å². The van der Waals surface area contributed by atoms with Crippen LogP contribution in [0.4, 0.5) is 0 Å². The molecule has 1 aromatic heterocycles. The van der Waals surface area contributed by atoms with Crippen LogP contribution >= 0.6 is 0 Å². The van der Waals surface area contributed by atoms with Gasteiger partial charge in [0.1, 0.15) is 0 Å². The van der Waals surface area contributed by atoms with Crippen LogP contribution in [-0.2, 0) is 0 Å². The Morgan fingerprint density at radius 3 is 3.00 bits per heavy atom. The van der Waals surface area contributed by atoms with E-state index >= 15 is 0 Å². The molecule has 0 spiro atoms. The predicted molar refractivity (Wildman–Crippen MR) is 61.8 cm³/mol. The van der Waals surface area contributed by atoms with Crippen LogP contribution in [0, 0.1) is 0 Å². The highest BCUT2D eigenvalue weighted by molar-refractivity contribution is 6.00. The van der Waals surface area contributed by atoms with E-state index in [1.165, 1.54) is 6.20 Å². The number of fused-ring (bicyclic) bond motifs is 1. The van der Waals surface area contributed by atoms with Crippen molar-refractivity contribution in [2.24, 2.45) is 10.7 Å². The molecular weight excluding hydrogens is 188 g/mol. The Labute approximate surface area is 87.7 Å².